The second kappa shape index (κ2) is 5.97. The Kier molecular flexibility index (Phi) is 4.25. The van der Waals surface area contributed by atoms with Crippen molar-refractivity contribution in [3.05, 3.63) is 52.1 Å². The Morgan fingerprint density at radius 1 is 1.23 bits per heavy atom. The SMILES string of the molecule is CO[C@@H]1C=C[C@@H](C)[C@H](c2ccc([N+](=O)[O-])cc2)C1(C#N)C#N. The third kappa shape index (κ3) is 2.34. The van der Waals surface area contributed by atoms with Crippen molar-refractivity contribution >= 4 is 5.69 Å². The largest absolute Gasteiger partial charge is 0.375 e. The highest BCUT2D eigenvalue weighted by Crippen LogP contribution is 2.48. The molecule has 1 aliphatic rings. The van der Waals surface area contributed by atoms with E-state index in [1.165, 1.54) is 19.2 Å². The number of allylic oxidation sites excluding steroid dienone is 1. The van der Waals surface area contributed by atoms with Gasteiger partial charge in [0.15, 0.2) is 5.41 Å². The second-order valence-corrected chi connectivity index (χ2v) is 5.32. The minimum atomic E-state index is -1.36. The average Bonchev–Trinajstić information content (AvgIpc) is 2.54. The van der Waals surface area contributed by atoms with Crippen molar-refractivity contribution in [2.24, 2.45) is 11.3 Å². The molecule has 3 atom stereocenters. The average molecular weight is 297 g/mol. The highest BCUT2D eigenvalue weighted by atomic mass is 16.6. The van der Waals surface area contributed by atoms with E-state index in [9.17, 15) is 20.6 Å². The number of hydrogen-bond acceptors (Lipinski definition) is 5. The first-order valence-electron chi connectivity index (χ1n) is 6.78. The lowest BCUT2D eigenvalue weighted by Crippen LogP contribution is -2.43. The molecule has 6 nitrogen and oxygen atoms in total. The summed E-state index contributed by atoms with van der Waals surface area (Å²) in [6, 6.07) is 10.2. The summed E-state index contributed by atoms with van der Waals surface area (Å²) in [5.74, 6) is -0.481. The summed E-state index contributed by atoms with van der Waals surface area (Å²) < 4.78 is 5.31. The van der Waals surface area contributed by atoms with Crippen LogP contribution in [0.2, 0.25) is 0 Å². The third-order valence-corrected chi connectivity index (χ3v) is 4.14. The number of methoxy groups -OCH3 is 1. The van der Waals surface area contributed by atoms with Crippen LogP contribution in [0.4, 0.5) is 5.69 Å². The number of nitrogens with zero attached hydrogens (tertiary/aromatic N) is 3. The van der Waals surface area contributed by atoms with Crippen LogP contribution in [0.15, 0.2) is 36.4 Å². The minimum absolute atomic E-state index is 0.0226. The summed E-state index contributed by atoms with van der Waals surface area (Å²) in [4.78, 5) is 10.3. The first-order valence-corrected chi connectivity index (χ1v) is 6.78. The van der Waals surface area contributed by atoms with Gasteiger partial charge in [-0.15, -0.1) is 0 Å². The Hall–Kier alpha value is -2.70. The lowest BCUT2D eigenvalue weighted by Gasteiger charge is -2.39. The highest BCUT2D eigenvalue weighted by Gasteiger charge is 2.51. The molecule has 0 fully saturated rings. The molecule has 0 aliphatic heterocycles. The quantitative estimate of drug-likeness (QED) is 0.485. The van der Waals surface area contributed by atoms with Crippen molar-refractivity contribution in [1.29, 1.82) is 10.5 Å². The van der Waals surface area contributed by atoms with Gasteiger partial charge in [-0.1, -0.05) is 31.2 Å². The second-order valence-electron chi connectivity index (χ2n) is 5.32. The fraction of sp³-hybridized carbons (Fsp3) is 0.375. The molecule has 0 spiro atoms. The van der Waals surface area contributed by atoms with E-state index in [0.29, 0.717) is 5.56 Å². The maximum Gasteiger partial charge on any atom is 0.269 e. The molecule has 0 bridgehead atoms. The summed E-state index contributed by atoms with van der Waals surface area (Å²) in [7, 11) is 1.46. The van der Waals surface area contributed by atoms with Crippen LogP contribution in [0.5, 0.6) is 0 Å². The zero-order chi connectivity index (χ0) is 16.3. The molecule has 0 radical (unpaired) electrons. The normalized spacial score (nSPS) is 25.9. The molecule has 2 rings (SSSR count). The monoisotopic (exact) mass is 297 g/mol. The Labute approximate surface area is 128 Å². The fourth-order valence-corrected chi connectivity index (χ4v) is 3.06. The number of rotatable bonds is 3. The number of non-ortho nitro benzene ring substituents is 1. The molecule has 112 valence electrons. The molecule has 0 unspecified atom stereocenters. The Morgan fingerprint density at radius 2 is 1.82 bits per heavy atom. The number of nitro groups is 1. The van der Waals surface area contributed by atoms with Crippen LogP contribution in [0.25, 0.3) is 0 Å². The molecular formula is C16H15N3O3. The van der Waals surface area contributed by atoms with Crippen LogP contribution < -0.4 is 0 Å². The van der Waals surface area contributed by atoms with Crippen molar-refractivity contribution in [3.8, 4) is 12.1 Å². The van der Waals surface area contributed by atoms with Crippen LogP contribution in [0.3, 0.4) is 0 Å². The molecule has 0 saturated carbocycles. The van der Waals surface area contributed by atoms with Crippen LogP contribution in [0, 0.1) is 44.1 Å². The van der Waals surface area contributed by atoms with Gasteiger partial charge in [0.1, 0.15) is 6.10 Å². The number of ether oxygens (including phenoxy) is 1. The van der Waals surface area contributed by atoms with E-state index in [1.54, 1.807) is 18.2 Å². The third-order valence-electron chi connectivity index (χ3n) is 4.14. The van der Waals surface area contributed by atoms with Gasteiger partial charge in [0, 0.05) is 25.2 Å². The molecule has 0 amide bonds. The summed E-state index contributed by atoms with van der Waals surface area (Å²) in [5.41, 5.74) is -0.669. The Balaban J connectivity index is 2.55. The minimum Gasteiger partial charge on any atom is -0.375 e. The summed E-state index contributed by atoms with van der Waals surface area (Å²) >= 11 is 0. The molecule has 6 heteroatoms. The van der Waals surface area contributed by atoms with Gasteiger partial charge in [0.2, 0.25) is 0 Å². The zero-order valence-corrected chi connectivity index (χ0v) is 12.3. The number of nitriles is 2. The van der Waals surface area contributed by atoms with Gasteiger partial charge < -0.3 is 4.74 Å². The van der Waals surface area contributed by atoms with Crippen LogP contribution >= 0.6 is 0 Å². The predicted octanol–water partition coefficient (Wildman–Crippen LogP) is 2.93. The van der Waals surface area contributed by atoms with E-state index in [0.717, 1.165) is 0 Å². The van der Waals surface area contributed by atoms with Crippen LogP contribution in [-0.4, -0.2) is 18.1 Å². The molecule has 0 heterocycles. The molecule has 1 aliphatic carbocycles. The van der Waals surface area contributed by atoms with Gasteiger partial charge in [-0.25, -0.2) is 0 Å². The number of hydrogen-bond donors (Lipinski definition) is 0. The number of nitro benzene ring substituents is 1. The van der Waals surface area contributed by atoms with E-state index >= 15 is 0 Å². The van der Waals surface area contributed by atoms with Crippen molar-refractivity contribution in [1.82, 2.24) is 0 Å². The van der Waals surface area contributed by atoms with Gasteiger partial charge in [-0.05, 0) is 11.5 Å². The van der Waals surface area contributed by atoms with E-state index in [1.807, 2.05) is 13.0 Å². The van der Waals surface area contributed by atoms with E-state index < -0.39 is 22.4 Å². The fourth-order valence-electron chi connectivity index (χ4n) is 3.06. The first kappa shape index (κ1) is 15.7. The van der Waals surface area contributed by atoms with Crippen LogP contribution in [0.1, 0.15) is 18.4 Å². The summed E-state index contributed by atoms with van der Waals surface area (Å²) in [5, 5.41) is 30.0. The Morgan fingerprint density at radius 3 is 2.27 bits per heavy atom. The summed E-state index contributed by atoms with van der Waals surface area (Å²) in [6.45, 7) is 1.91. The van der Waals surface area contributed by atoms with Gasteiger partial charge >= 0.3 is 0 Å². The van der Waals surface area contributed by atoms with E-state index in [-0.39, 0.29) is 11.6 Å². The molecule has 0 aromatic heterocycles. The Bertz CT molecular complexity index is 668. The molecule has 22 heavy (non-hydrogen) atoms. The van der Waals surface area contributed by atoms with Crippen molar-refractivity contribution in [3.63, 3.8) is 0 Å². The lowest BCUT2D eigenvalue weighted by molar-refractivity contribution is -0.384. The maximum absolute atomic E-state index is 10.8. The first-order chi connectivity index (χ1) is 10.5. The van der Waals surface area contributed by atoms with Crippen molar-refractivity contribution < 1.29 is 9.66 Å². The molecule has 0 saturated heterocycles. The van der Waals surface area contributed by atoms with Gasteiger partial charge in [0.05, 0.1) is 17.1 Å². The van der Waals surface area contributed by atoms with Gasteiger partial charge in [0.25, 0.3) is 5.69 Å². The van der Waals surface area contributed by atoms with Crippen LogP contribution in [-0.2, 0) is 4.74 Å². The van der Waals surface area contributed by atoms with E-state index in [4.69, 9.17) is 4.74 Å². The summed E-state index contributed by atoms with van der Waals surface area (Å²) in [6.07, 6.45) is 3.01. The number of benzene rings is 1. The van der Waals surface area contributed by atoms with Gasteiger partial charge in [-0.3, -0.25) is 10.1 Å². The van der Waals surface area contributed by atoms with Gasteiger partial charge in [-0.2, -0.15) is 10.5 Å². The van der Waals surface area contributed by atoms with Crippen molar-refractivity contribution in [2.75, 3.05) is 7.11 Å². The predicted molar refractivity (Wildman–Crippen MR) is 78.6 cm³/mol. The molecule has 1 aromatic rings. The molecule has 0 N–H and O–H groups in total. The highest BCUT2D eigenvalue weighted by molar-refractivity contribution is 5.42. The standard InChI is InChI=1S/C16H15N3O3/c1-11-3-8-14(22-2)16(9-17,10-18)15(11)12-4-6-13(7-5-12)19(20)21/h3-8,11,14-15H,1-2H3/t11-,14-,15-/m1/s1. The topological polar surface area (TPSA) is 99.9 Å². The maximum atomic E-state index is 10.8. The smallest absolute Gasteiger partial charge is 0.269 e. The molecule has 1 aromatic carbocycles. The van der Waals surface area contributed by atoms with Crippen molar-refractivity contribution in [2.45, 2.75) is 18.9 Å². The lowest BCUT2D eigenvalue weighted by atomic mass is 9.62. The zero-order valence-electron chi connectivity index (χ0n) is 12.3. The molecular weight excluding hydrogens is 282 g/mol. The van der Waals surface area contributed by atoms with E-state index in [2.05, 4.69) is 12.1 Å².